The van der Waals surface area contributed by atoms with Crippen LogP contribution < -0.4 is 0 Å². The molecule has 0 aliphatic rings. The van der Waals surface area contributed by atoms with Gasteiger partial charge in [-0.3, -0.25) is 0 Å². The molecule has 0 unspecified atom stereocenters. The van der Waals surface area contributed by atoms with E-state index in [4.69, 9.17) is 4.52 Å². The number of likely N-dealkylation sites (N-methyl/N-ethyl adjacent to an activating group) is 1. The van der Waals surface area contributed by atoms with Gasteiger partial charge in [-0.2, -0.15) is 6.16 Å². The van der Waals surface area contributed by atoms with Crippen molar-refractivity contribution < 1.29 is 9.01 Å². The minimum absolute atomic E-state index is 0.892. The zero-order valence-corrected chi connectivity index (χ0v) is 15.4. The molecule has 0 aromatic rings. The van der Waals surface area contributed by atoms with Crippen molar-refractivity contribution in [2.75, 3.05) is 40.5 Å². The molecule has 0 amide bonds. The van der Waals surface area contributed by atoms with Crippen LogP contribution >= 0.6 is 8.81 Å². The van der Waals surface area contributed by atoms with Gasteiger partial charge in [-0.25, -0.2) is 0 Å². The molecule has 122 valence electrons. The SMILES string of the molecule is CCCCCCCCCCCC[P-]OCC[N+](C)(C)C. The lowest BCUT2D eigenvalue weighted by atomic mass is 10.1. The number of hydrogen-bond acceptors (Lipinski definition) is 1. The number of rotatable bonds is 15. The first-order chi connectivity index (χ1) is 9.56. The molecule has 0 saturated heterocycles. The summed E-state index contributed by atoms with van der Waals surface area (Å²) in [6, 6.07) is 0. The smallest absolute Gasteiger partial charge is 0.0989 e. The molecule has 0 spiro atoms. The fourth-order valence-corrected chi connectivity index (χ4v) is 2.80. The summed E-state index contributed by atoms with van der Waals surface area (Å²) in [4.78, 5) is 0. The van der Waals surface area contributed by atoms with Gasteiger partial charge in [0.2, 0.25) is 0 Å². The van der Waals surface area contributed by atoms with Crippen molar-refractivity contribution in [2.45, 2.75) is 71.1 Å². The van der Waals surface area contributed by atoms with E-state index in [0.29, 0.717) is 0 Å². The van der Waals surface area contributed by atoms with E-state index in [0.717, 1.165) is 17.6 Å². The lowest BCUT2D eigenvalue weighted by molar-refractivity contribution is -0.870. The van der Waals surface area contributed by atoms with E-state index in [1.165, 1.54) is 79.2 Å². The highest BCUT2D eigenvalue weighted by Crippen LogP contribution is 2.16. The molecule has 0 aliphatic carbocycles. The van der Waals surface area contributed by atoms with E-state index in [1.807, 2.05) is 0 Å². The standard InChI is InChI=1S/C17H38NOP/c1-5-6-7-8-9-10-11-12-13-14-17-20-19-16-15-18(2,3)4/h5-17H2,1-4H3. The second-order valence-electron chi connectivity index (χ2n) is 6.88. The van der Waals surface area contributed by atoms with Crippen LogP contribution in [-0.2, 0) is 4.52 Å². The molecule has 2 nitrogen and oxygen atoms in total. The van der Waals surface area contributed by atoms with Gasteiger partial charge in [0, 0.05) is 0 Å². The van der Waals surface area contributed by atoms with Crippen LogP contribution in [0.1, 0.15) is 71.1 Å². The van der Waals surface area contributed by atoms with Crippen LogP contribution in [0.25, 0.3) is 0 Å². The first kappa shape index (κ1) is 20.3. The van der Waals surface area contributed by atoms with Gasteiger partial charge in [-0.15, -0.1) is 0 Å². The highest BCUT2D eigenvalue weighted by molar-refractivity contribution is 7.32. The summed E-state index contributed by atoms with van der Waals surface area (Å²) >= 11 is 0. The Bertz CT molecular complexity index is 192. The fraction of sp³-hybridized carbons (Fsp3) is 1.00. The summed E-state index contributed by atoms with van der Waals surface area (Å²) < 4.78 is 6.64. The van der Waals surface area contributed by atoms with Crippen LogP contribution in [0.2, 0.25) is 0 Å². The summed E-state index contributed by atoms with van der Waals surface area (Å²) in [7, 11) is 7.82. The monoisotopic (exact) mass is 303 g/mol. The highest BCUT2D eigenvalue weighted by atomic mass is 31.1. The summed E-state index contributed by atoms with van der Waals surface area (Å²) in [6.07, 6.45) is 15.4. The maximum Gasteiger partial charge on any atom is 0.0989 e. The third-order valence-electron chi connectivity index (χ3n) is 3.55. The van der Waals surface area contributed by atoms with Gasteiger partial charge in [-0.05, 0) is 0 Å². The van der Waals surface area contributed by atoms with Crippen molar-refractivity contribution in [3.63, 3.8) is 0 Å². The van der Waals surface area contributed by atoms with Crippen LogP contribution in [0.4, 0.5) is 0 Å². The van der Waals surface area contributed by atoms with E-state index >= 15 is 0 Å². The highest BCUT2D eigenvalue weighted by Gasteiger charge is 2.02. The van der Waals surface area contributed by atoms with E-state index in [2.05, 4.69) is 28.1 Å². The summed E-state index contributed by atoms with van der Waals surface area (Å²) in [5, 5.41) is 0. The van der Waals surface area contributed by atoms with Crippen molar-refractivity contribution >= 4 is 8.81 Å². The Morgan fingerprint density at radius 3 is 1.75 bits per heavy atom. The maximum absolute atomic E-state index is 5.65. The molecule has 0 bridgehead atoms. The van der Waals surface area contributed by atoms with Crippen molar-refractivity contribution in [3.8, 4) is 0 Å². The van der Waals surface area contributed by atoms with Gasteiger partial charge < -0.3 is 17.8 Å². The first-order valence-corrected chi connectivity index (χ1v) is 9.65. The predicted octanol–water partition coefficient (Wildman–Crippen LogP) is 5.49. The van der Waals surface area contributed by atoms with Crippen molar-refractivity contribution in [1.29, 1.82) is 0 Å². The van der Waals surface area contributed by atoms with Gasteiger partial charge in [0.05, 0.1) is 34.3 Å². The average molecular weight is 303 g/mol. The first-order valence-electron chi connectivity index (χ1n) is 8.65. The third kappa shape index (κ3) is 18.4. The molecule has 0 saturated carbocycles. The molecule has 20 heavy (non-hydrogen) atoms. The Morgan fingerprint density at radius 2 is 1.25 bits per heavy atom. The van der Waals surface area contributed by atoms with Crippen LogP contribution in [-0.4, -0.2) is 44.9 Å². The van der Waals surface area contributed by atoms with Gasteiger partial charge in [-0.1, -0.05) is 71.1 Å². The van der Waals surface area contributed by atoms with E-state index in [9.17, 15) is 0 Å². The van der Waals surface area contributed by atoms with Crippen molar-refractivity contribution in [2.24, 2.45) is 0 Å². The number of nitrogens with zero attached hydrogens (tertiary/aromatic N) is 1. The summed E-state index contributed by atoms with van der Waals surface area (Å²) in [6.45, 7) is 4.28. The maximum atomic E-state index is 5.65. The Balaban J connectivity index is 2.99. The summed E-state index contributed by atoms with van der Waals surface area (Å²) in [5.41, 5.74) is 0. The molecule has 0 aromatic heterocycles. The minimum atomic E-state index is 0.892. The quantitative estimate of drug-likeness (QED) is 0.221. The van der Waals surface area contributed by atoms with E-state index in [1.54, 1.807) is 0 Å². The van der Waals surface area contributed by atoms with Crippen LogP contribution in [0.5, 0.6) is 0 Å². The molecular formula is C17H38NOP. The Kier molecular flexibility index (Phi) is 14.5. The minimum Gasteiger partial charge on any atom is -0.553 e. The fourth-order valence-electron chi connectivity index (χ4n) is 2.11. The van der Waals surface area contributed by atoms with Crippen molar-refractivity contribution in [3.05, 3.63) is 0 Å². The van der Waals surface area contributed by atoms with E-state index in [-0.39, 0.29) is 0 Å². The Hall–Kier alpha value is 0.350. The number of quaternary nitrogens is 1. The summed E-state index contributed by atoms with van der Waals surface area (Å²) in [5.74, 6) is 0. The second kappa shape index (κ2) is 14.3. The predicted molar refractivity (Wildman–Crippen MR) is 92.5 cm³/mol. The van der Waals surface area contributed by atoms with Crippen molar-refractivity contribution in [1.82, 2.24) is 0 Å². The van der Waals surface area contributed by atoms with Crippen LogP contribution in [0.3, 0.4) is 0 Å². The number of unbranched alkanes of at least 4 members (excludes halogenated alkanes) is 9. The molecule has 0 heterocycles. The van der Waals surface area contributed by atoms with Gasteiger partial charge in [0.25, 0.3) is 0 Å². The normalized spacial score (nSPS) is 12.6. The third-order valence-corrected chi connectivity index (χ3v) is 4.41. The topological polar surface area (TPSA) is 9.23 Å². The Morgan fingerprint density at radius 1 is 0.750 bits per heavy atom. The lowest BCUT2D eigenvalue weighted by Gasteiger charge is -2.27. The Labute approximate surface area is 130 Å². The molecule has 0 atom stereocenters. The van der Waals surface area contributed by atoms with E-state index < -0.39 is 0 Å². The molecule has 0 aliphatic heterocycles. The number of hydrogen-bond donors (Lipinski definition) is 0. The molecular weight excluding hydrogens is 265 g/mol. The molecule has 3 heteroatoms. The molecule has 0 aromatic carbocycles. The average Bonchev–Trinajstić information content (AvgIpc) is 2.38. The largest absolute Gasteiger partial charge is 0.553 e. The second-order valence-corrected chi connectivity index (χ2v) is 7.85. The lowest BCUT2D eigenvalue weighted by Crippen LogP contribution is -2.37. The molecule has 0 radical (unpaired) electrons. The molecule has 0 rings (SSSR count). The van der Waals surface area contributed by atoms with Crippen LogP contribution in [0.15, 0.2) is 0 Å². The van der Waals surface area contributed by atoms with Crippen LogP contribution in [0, 0.1) is 0 Å². The molecule has 0 N–H and O–H groups in total. The van der Waals surface area contributed by atoms with Gasteiger partial charge >= 0.3 is 0 Å². The van der Waals surface area contributed by atoms with Gasteiger partial charge in [0.15, 0.2) is 0 Å². The zero-order chi connectivity index (χ0) is 15.1. The van der Waals surface area contributed by atoms with Gasteiger partial charge in [0.1, 0.15) is 0 Å². The zero-order valence-electron chi connectivity index (χ0n) is 14.5. The molecule has 0 fully saturated rings.